The molecule has 0 unspecified atom stereocenters. The van der Waals surface area contributed by atoms with Gasteiger partial charge in [-0.25, -0.2) is 8.42 Å². The van der Waals surface area contributed by atoms with Gasteiger partial charge in [-0.2, -0.15) is 0 Å². The lowest BCUT2D eigenvalue weighted by molar-refractivity contribution is 0.595. The highest BCUT2D eigenvalue weighted by Crippen LogP contribution is 2.18. The van der Waals surface area contributed by atoms with E-state index < -0.39 is 9.84 Å². The Morgan fingerprint density at radius 1 is 0.944 bits per heavy atom. The Bertz CT molecular complexity index is 607. The van der Waals surface area contributed by atoms with Gasteiger partial charge in [0.1, 0.15) is 0 Å². The third kappa shape index (κ3) is 2.88. The van der Waals surface area contributed by atoms with E-state index in [0.29, 0.717) is 10.6 Å². The highest BCUT2D eigenvalue weighted by molar-refractivity contribution is 7.90. The van der Waals surface area contributed by atoms with Gasteiger partial charge >= 0.3 is 0 Å². The highest BCUT2D eigenvalue weighted by Gasteiger charge is 2.14. The van der Waals surface area contributed by atoms with Crippen LogP contribution < -0.4 is 11.3 Å². The van der Waals surface area contributed by atoms with Crippen LogP contribution in [0.3, 0.4) is 0 Å². The molecular weight excluding hydrogens is 248 g/mol. The molecule has 0 aliphatic rings. The molecule has 0 bridgehead atoms. The van der Waals surface area contributed by atoms with Crippen LogP contribution in [0.25, 0.3) is 0 Å². The first-order valence-corrected chi connectivity index (χ1v) is 7.10. The summed E-state index contributed by atoms with van der Waals surface area (Å²) >= 11 is 0. The number of hydrogen-bond acceptors (Lipinski definition) is 4. The van der Waals surface area contributed by atoms with Gasteiger partial charge in [-0.3, -0.25) is 5.84 Å². The summed E-state index contributed by atoms with van der Waals surface area (Å²) in [6.45, 7) is 0. The van der Waals surface area contributed by atoms with E-state index >= 15 is 0 Å². The number of anilines is 1. The molecule has 0 atom stereocenters. The average Bonchev–Trinajstić information content (AvgIpc) is 2.39. The molecule has 0 spiro atoms. The molecule has 0 radical (unpaired) electrons. The summed E-state index contributed by atoms with van der Waals surface area (Å²) in [6.07, 6.45) is 0. The zero-order valence-electron chi connectivity index (χ0n) is 9.71. The standard InChI is InChI=1S/C13H14N2O2S/c14-15-12-6-8-13(9-7-12)18(16,17)10-11-4-2-1-3-5-11/h1-9,15H,10,14H2. The monoisotopic (exact) mass is 262 g/mol. The molecule has 0 saturated carbocycles. The topological polar surface area (TPSA) is 72.2 Å². The summed E-state index contributed by atoms with van der Waals surface area (Å²) in [4.78, 5) is 0.297. The number of hydrogen-bond donors (Lipinski definition) is 2. The Morgan fingerprint density at radius 2 is 1.56 bits per heavy atom. The molecule has 0 saturated heterocycles. The normalized spacial score (nSPS) is 11.2. The van der Waals surface area contributed by atoms with Crippen molar-refractivity contribution >= 4 is 15.5 Å². The lowest BCUT2D eigenvalue weighted by Gasteiger charge is -2.06. The van der Waals surface area contributed by atoms with E-state index in [-0.39, 0.29) is 5.75 Å². The van der Waals surface area contributed by atoms with Gasteiger partial charge in [0.2, 0.25) is 0 Å². The van der Waals surface area contributed by atoms with Crippen molar-refractivity contribution in [1.29, 1.82) is 0 Å². The third-order valence-corrected chi connectivity index (χ3v) is 4.28. The fourth-order valence-corrected chi connectivity index (χ4v) is 2.98. The Labute approximate surface area is 106 Å². The van der Waals surface area contributed by atoms with Crippen LogP contribution in [-0.4, -0.2) is 8.42 Å². The van der Waals surface area contributed by atoms with Crippen molar-refractivity contribution in [3.63, 3.8) is 0 Å². The number of nitrogens with two attached hydrogens (primary N) is 1. The maximum atomic E-state index is 12.1. The highest BCUT2D eigenvalue weighted by atomic mass is 32.2. The van der Waals surface area contributed by atoms with Crippen LogP contribution in [0.1, 0.15) is 5.56 Å². The maximum absolute atomic E-state index is 12.1. The Balaban J connectivity index is 2.25. The van der Waals surface area contributed by atoms with E-state index in [1.54, 1.807) is 36.4 Å². The van der Waals surface area contributed by atoms with Gasteiger partial charge in [0.05, 0.1) is 10.6 Å². The summed E-state index contributed by atoms with van der Waals surface area (Å²) in [5.41, 5.74) is 3.91. The second-order valence-electron chi connectivity index (χ2n) is 3.91. The Hall–Kier alpha value is -1.85. The van der Waals surface area contributed by atoms with Gasteiger partial charge in [0.15, 0.2) is 9.84 Å². The average molecular weight is 262 g/mol. The lowest BCUT2D eigenvalue weighted by atomic mass is 10.2. The Kier molecular flexibility index (Phi) is 3.64. The molecule has 3 N–H and O–H groups in total. The first-order valence-electron chi connectivity index (χ1n) is 5.45. The van der Waals surface area contributed by atoms with Crippen LogP contribution in [0.15, 0.2) is 59.5 Å². The van der Waals surface area contributed by atoms with Crippen LogP contribution in [0.5, 0.6) is 0 Å². The van der Waals surface area contributed by atoms with Crippen molar-refractivity contribution < 1.29 is 8.42 Å². The largest absolute Gasteiger partial charge is 0.324 e. The number of nitrogens with one attached hydrogen (secondary N) is 1. The molecule has 0 amide bonds. The molecule has 0 fully saturated rings. The smallest absolute Gasteiger partial charge is 0.182 e. The lowest BCUT2D eigenvalue weighted by Crippen LogP contribution is -2.08. The quantitative estimate of drug-likeness (QED) is 0.652. The van der Waals surface area contributed by atoms with Gasteiger partial charge in [-0.05, 0) is 29.8 Å². The number of nitrogen functional groups attached to an aromatic ring is 1. The fraction of sp³-hybridized carbons (Fsp3) is 0.0769. The zero-order valence-corrected chi connectivity index (χ0v) is 10.5. The van der Waals surface area contributed by atoms with Gasteiger partial charge in [-0.15, -0.1) is 0 Å². The Morgan fingerprint density at radius 3 is 2.11 bits per heavy atom. The number of rotatable bonds is 4. The zero-order chi connectivity index (χ0) is 13.0. The van der Waals surface area contributed by atoms with E-state index in [1.165, 1.54) is 0 Å². The minimum absolute atomic E-state index is 0.00321. The molecule has 0 aliphatic heterocycles. The molecule has 5 heteroatoms. The molecule has 0 heterocycles. The number of hydrazine groups is 1. The van der Waals surface area contributed by atoms with Crippen molar-refractivity contribution in [3.8, 4) is 0 Å². The molecule has 2 aromatic rings. The maximum Gasteiger partial charge on any atom is 0.182 e. The minimum Gasteiger partial charge on any atom is -0.324 e. The summed E-state index contributed by atoms with van der Waals surface area (Å²) in [6, 6.07) is 15.5. The van der Waals surface area contributed by atoms with E-state index in [0.717, 1.165) is 5.56 Å². The van der Waals surface area contributed by atoms with Crippen LogP contribution in [0.2, 0.25) is 0 Å². The third-order valence-electron chi connectivity index (χ3n) is 2.58. The van der Waals surface area contributed by atoms with E-state index in [4.69, 9.17) is 5.84 Å². The second kappa shape index (κ2) is 5.20. The SMILES string of the molecule is NNc1ccc(S(=O)(=O)Cc2ccccc2)cc1. The van der Waals surface area contributed by atoms with E-state index in [2.05, 4.69) is 5.43 Å². The van der Waals surface area contributed by atoms with Crippen LogP contribution in [-0.2, 0) is 15.6 Å². The second-order valence-corrected chi connectivity index (χ2v) is 5.90. The van der Waals surface area contributed by atoms with Crippen molar-refractivity contribution in [2.45, 2.75) is 10.6 Å². The van der Waals surface area contributed by atoms with E-state index in [1.807, 2.05) is 18.2 Å². The van der Waals surface area contributed by atoms with Gasteiger partial charge < -0.3 is 5.43 Å². The predicted octanol–water partition coefficient (Wildman–Crippen LogP) is 1.95. The van der Waals surface area contributed by atoms with E-state index in [9.17, 15) is 8.42 Å². The van der Waals surface area contributed by atoms with Crippen molar-refractivity contribution in [2.24, 2.45) is 5.84 Å². The van der Waals surface area contributed by atoms with Gasteiger partial charge in [0.25, 0.3) is 0 Å². The van der Waals surface area contributed by atoms with Crippen LogP contribution in [0, 0.1) is 0 Å². The van der Waals surface area contributed by atoms with Crippen LogP contribution >= 0.6 is 0 Å². The van der Waals surface area contributed by atoms with Crippen molar-refractivity contribution in [1.82, 2.24) is 0 Å². The molecule has 18 heavy (non-hydrogen) atoms. The van der Waals surface area contributed by atoms with Crippen LogP contribution in [0.4, 0.5) is 5.69 Å². The first kappa shape index (κ1) is 12.6. The van der Waals surface area contributed by atoms with Gasteiger partial charge in [-0.1, -0.05) is 30.3 Å². The summed E-state index contributed by atoms with van der Waals surface area (Å²) in [5.74, 6) is 5.24. The molecule has 2 rings (SSSR count). The minimum atomic E-state index is -3.31. The fourth-order valence-electron chi connectivity index (χ4n) is 1.64. The molecule has 0 aromatic heterocycles. The first-order chi connectivity index (χ1) is 8.62. The van der Waals surface area contributed by atoms with Gasteiger partial charge in [0, 0.05) is 5.69 Å². The summed E-state index contributed by atoms with van der Waals surface area (Å²) in [7, 11) is -3.31. The summed E-state index contributed by atoms with van der Waals surface area (Å²) < 4.78 is 24.3. The van der Waals surface area contributed by atoms with Crippen molar-refractivity contribution in [3.05, 3.63) is 60.2 Å². The van der Waals surface area contributed by atoms with Crippen molar-refractivity contribution in [2.75, 3.05) is 5.43 Å². The summed E-state index contributed by atoms with van der Waals surface area (Å²) in [5, 5.41) is 0. The number of benzene rings is 2. The molecular formula is C13H14N2O2S. The molecule has 0 aliphatic carbocycles. The molecule has 4 nitrogen and oxygen atoms in total. The molecule has 94 valence electrons. The predicted molar refractivity (Wildman–Crippen MR) is 71.6 cm³/mol. The number of sulfone groups is 1. The molecule has 2 aromatic carbocycles.